The number of amides is 1. The summed E-state index contributed by atoms with van der Waals surface area (Å²) in [5.41, 5.74) is 12.1. The van der Waals surface area contributed by atoms with E-state index in [4.69, 9.17) is 16.7 Å². The van der Waals surface area contributed by atoms with E-state index in [9.17, 15) is 4.79 Å². The Morgan fingerprint density at radius 1 is 1.56 bits per heavy atom. The summed E-state index contributed by atoms with van der Waals surface area (Å²) in [4.78, 5) is 10.3. The molecule has 0 heterocycles. The Balaban J connectivity index is 2.53. The van der Waals surface area contributed by atoms with Gasteiger partial charge in [0.25, 0.3) is 0 Å². The third-order valence-electron chi connectivity index (χ3n) is 1.84. The zero-order valence-electron chi connectivity index (χ0n) is 8.56. The number of ether oxygens (including phenoxy) is 1. The predicted octanol–water partition coefficient (Wildman–Crippen LogP) is 0.648. The largest absolute Gasteiger partial charge is 0.448 e. The number of carbonyl (C=O) groups is 1. The monoisotopic (exact) mass is 220 g/mol. The van der Waals surface area contributed by atoms with Crippen molar-refractivity contribution in [2.75, 3.05) is 24.2 Å². The molecule has 0 aliphatic heterocycles. The second-order valence-corrected chi connectivity index (χ2v) is 3.01. The molecule has 16 heavy (non-hydrogen) atoms. The molecule has 0 fully saturated rings. The lowest BCUT2D eigenvalue weighted by molar-refractivity contribution is 0.161. The Bertz CT molecular complexity index is 425. The molecule has 0 aliphatic rings. The van der Waals surface area contributed by atoms with Crippen LogP contribution in [0.1, 0.15) is 5.56 Å². The number of hydrogen-bond donors (Lipinski definition) is 3. The normalized spacial score (nSPS) is 9.19. The molecular formula is C10H12N4O2. The molecule has 84 valence electrons. The SMILES string of the molecule is N#Cc1ccc(N)c(NCCOC(N)=O)c1. The van der Waals surface area contributed by atoms with E-state index < -0.39 is 6.09 Å². The van der Waals surface area contributed by atoms with Gasteiger partial charge in [-0.15, -0.1) is 0 Å². The lowest BCUT2D eigenvalue weighted by Crippen LogP contribution is -2.18. The first-order chi connectivity index (χ1) is 7.63. The molecule has 0 saturated heterocycles. The van der Waals surface area contributed by atoms with Crippen molar-refractivity contribution in [3.05, 3.63) is 23.8 Å². The number of nitrogen functional groups attached to an aromatic ring is 1. The predicted molar refractivity (Wildman–Crippen MR) is 59.6 cm³/mol. The summed E-state index contributed by atoms with van der Waals surface area (Å²) in [5, 5.41) is 11.6. The minimum atomic E-state index is -0.819. The molecule has 0 unspecified atom stereocenters. The molecule has 0 saturated carbocycles. The first-order valence-corrected chi connectivity index (χ1v) is 4.59. The van der Waals surface area contributed by atoms with E-state index in [0.717, 1.165) is 0 Å². The maximum absolute atomic E-state index is 10.3. The van der Waals surface area contributed by atoms with Gasteiger partial charge in [0.05, 0.1) is 23.0 Å². The van der Waals surface area contributed by atoms with Crippen molar-refractivity contribution in [3.63, 3.8) is 0 Å². The van der Waals surface area contributed by atoms with Gasteiger partial charge in [-0.2, -0.15) is 5.26 Å². The highest BCUT2D eigenvalue weighted by Crippen LogP contribution is 2.19. The number of nitrogens with zero attached hydrogens (tertiary/aromatic N) is 1. The van der Waals surface area contributed by atoms with Gasteiger partial charge < -0.3 is 21.5 Å². The van der Waals surface area contributed by atoms with Gasteiger partial charge in [0.15, 0.2) is 0 Å². The van der Waals surface area contributed by atoms with Gasteiger partial charge in [-0.3, -0.25) is 0 Å². The molecule has 5 N–H and O–H groups in total. The number of anilines is 2. The zero-order chi connectivity index (χ0) is 12.0. The van der Waals surface area contributed by atoms with Crippen molar-refractivity contribution in [1.29, 1.82) is 5.26 Å². The van der Waals surface area contributed by atoms with Crippen LogP contribution in [0.25, 0.3) is 0 Å². The van der Waals surface area contributed by atoms with Gasteiger partial charge >= 0.3 is 6.09 Å². The van der Waals surface area contributed by atoms with Crippen LogP contribution in [-0.2, 0) is 4.74 Å². The van der Waals surface area contributed by atoms with Crippen molar-refractivity contribution in [2.45, 2.75) is 0 Å². The highest BCUT2D eigenvalue weighted by Gasteiger charge is 2.00. The van der Waals surface area contributed by atoms with Crippen LogP contribution in [0.4, 0.5) is 16.2 Å². The molecule has 0 atom stereocenters. The van der Waals surface area contributed by atoms with Crippen LogP contribution in [0, 0.1) is 11.3 Å². The number of hydrogen-bond acceptors (Lipinski definition) is 5. The Morgan fingerprint density at radius 3 is 2.94 bits per heavy atom. The van der Waals surface area contributed by atoms with E-state index in [2.05, 4.69) is 10.1 Å². The van der Waals surface area contributed by atoms with Gasteiger partial charge in [0.1, 0.15) is 6.61 Å². The van der Waals surface area contributed by atoms with Gasteiger partial charge in [-0.05, 0) is 18.2 Å². The second-order valence-electron chi connectivity index (χ2n) is 3.01. The quantitative estimate of drug-likeness (QED) is 0.509. The number of rotatable bonds is 4. The highest BCUT2D eigenvalue weighted by molar-refractivity contribution is 5.68. The standard InChI is InChI=1S/C10H12N4O2/c11-6-7-1-2-8(12)9(5-7)14-3-4-16-10(13)15/h1-2,5,14H,3-4,12H2,(H2,13,15). The lowest BCUT2D eigenvalue weighted by Gasteiger charge is -2.09. The highest BCUT2D eigenvalue weighted by atomic mass is 16.5. The maximum Gasteiger partial charge on any atom is 0.404 e. The van der Waals surface area contributed by atoms with Gasteiger partial charge in [0.2, 0.25) is 0 Å². The minimum absolute atomic E-state index is 0.144. The summed E-state index contributed by atoms with van der Waals surface area (Å²) >= 11 is 0. The molecule has 1 rings (SSSR count). The number of nitrogens with one attached hydrogen (secondary N) is 1. The van der Waals surface area contributed by atoms with Crippen LogP contribution < -0.4 is 16.8 Å². The summed E-state index contributed by atoms with van der Waals surface area (Å²) in [6.07, 6.45) is -0.819. The summed E-state index contributed by atoms with van der Waals surface area (Å²) in [6, 6.07) is 6.89. The topological polar surface area (TPSA) is 114 Å². The molecule has 0 spiro atoms. The van der Waals surface area contributed by atoms with Crippen LogP contribution in [0.15, 0.2) is 18.2 Å². The van der Waals surface area contributed by atoms with Crippen molar-refractivity contribution >= 4 is 17.5 Å². The van der Waals surface area contributed by atoms with Gasteiger partial charge in [-0.25, -0.2) is 4.79 Å². The van der Waals surface area contributed by atoms with Gasteiger partial charge in [-0.1, -0.05) is 0 Å². The van der Waals surface area contributed by atoms with E-state index in [1.165, 1.54) is 0 Å². The van der Waals surface area contributed by atoms with E-state index in [0.29, 0.717) is 23.5 Å². The van der Waals surface area contributed by atoms with E-state index >= 15 is 0 Å². The van der Waals surface area contributed by atoms with Crippen LogP contribution in [0.2, 0.25) is 0 Å². The van der Waals surface area contributed by atoms with E-state index in [-0.39, 0.29) is 6.61 Å². The first kappa shape index (κ1) is 11.7. The molecule has 0 radical (unpaired) electrons. The molecule has 1 aromatic carbocycles. The fraction of sp³-hybridized carbons (Fsp3) is 0.200. The van der Waals surface area contributed by atoms with Crippen molar-refractivity contribution in [3.8, 4) is 6.07 Å². The molecule has 1 aromatic rings. The first-order valence-electron chi connectivity index (χ1n) is 4.59. The maximum atomic E-state index is 10.3. The third kappa shape index (κ3) is 3.38. The Hall–Kier alpha value is -2.42. The minimum Gasteiger partial charge on any atom is -0.448 e. The number of benzene rings is 1. The van der Waals surface area contributed by atoms with Crippen LogP contribution in [0.3, 0.4) is 0 Å². The smallest absolute Gasteiger partial charge is 0.404 e. The van der Waals surface area contributed by atoms with Crippen LogP contribution >= 0.6 is 0 Å². The molecule has 6 heteroatoms. The zero-order valence-corrected chi connectivity index (χ0v) is 8.56. The average molecular weight is 220 g/mol. The number of primary amides is 1. The Morgan fingerprint density at radius 2 is 2.31 bits per heavy atom. The molecule has 1 amide bonds. The fourth-order valence-corrected chi connectivity index (χ4v) is 1.12. The fourth-order valence-electron chi connectivity index (χ4n) is 1.12. The summed E-state index contributed by atoms with van der Waals surface area (Å²) in [6.45, 7) is 0.521. The number of nitriles is 1. The molecule has 0 aromatic heterocycles. The molecular weight excluding hydrogens is 208 g/mol. The lowest BCUT2D eigenvalue weighted by atomic mass is 10.2. The third-order valence-corrected chi connectivity index (χ3v) is 1.84. The number of carbonyl (C=O) groups excluding carboxylic acids is 1. The summed E-state index contributed by atoms with van der Waals surface area (Å²) in [5.74, 6) is 0. The van der Waals surface area contributed by atoms with Crippen molar-refractivity contribution in [2.24, 2.45) is 5.73 Å². The number of nitrogens with two attached hydrogens (primary N) is 2. The van der Waals surface area contributed by atoms with Crippen LogP contribution in [-0.4, -0.2) is 19.2 Å². The second kappa shape index (κ2) is 5.46. The average Bonchev–Trinajstić information content (AvgIpc) is 2.26. The Kier molecular flexibility index (Phi) is 3.98. The van der Waals surface area contributed by atoms with Crippen molar-refractivity contribution < 1.29 is 9.53 Å². The molecule has 0 bridgehead atoms. The van der Waals surface area contributed by atoms with E-state index in [1.807, 2.05) is 6.07 Å². The van der Waals surface area contributed by atoms with E-state index in [1.54, 1.807) is 18.2 Å². The molecule has 6 nitrogen and oxygen atoms in total. The summed E-state index contributed by atoms with van der Waals surface area (Å²) < 4.78 is 4.53. The Labute approximate surface area is 92.8 Å². The molecule has 0 aliphatic carbocycles. The van der Waals surface area contributed by atoms with Crippen molar-refractivity contribution in [1.82, 2.24) is 0 Å². The van der Waals surface area contributed by atoms with Crippen LogP contribution in [0.5, 0.6) is 0 Å². The summed E-state index contributed by atoms with van der Waals surface area (Å²) in [7, 11) is 0. The van der Waals surface area contributed by atoms with Gasteiger partial charge in [0, 0.05) is 6.54 Å².